The van der Waals surface area contributed by atoms with E-state index in [4.69, 9.17) is 24.0 Å². The predicted octanol–water partition coefficient (Wildman–Crippen LogP) is 3.35. The molecule has 0 aromatic carbocycles. The summed E-state index contributed by atoms with van der Waals surface area (Å²) in [5, 5.41) is 0. The van der Waals surface area contributed by atoms with E-state index in [9.17, 15) is 0 Å². The molecule has 4 aliphatic heterocycles. The Hall–Kier alpha value is -0.620. The number of ether oxygens (including phenoxy) is 3. The van der Waals surface area contributed by atoms with Crippen LogP contribution in [-0.2, 0) is 24.0 Å². The van der Waals surface area contributed by atoms with E-state index in [1.165, 1.54) is 12.7 Å². The van der Waals surface area contributed by atoms with Crippen LogP contribution in [0.2, 0.25) is 0 Å². The molecule has 0 amide bonds. The Kier molecular flexibility index (Phi) is 3.35. The molecule has 124 valence electrons. The van der Waals surface area contributed by atoms with E-state index < -0.39 is 17.7 Å². The van der Waals surface area contributed by atoms with E-state index in [1.807, 2.05) is 6.92 Å². The van der Waals surface area contributed by atoms with Crippen LogP contribution in [0.1, 0.15) is 46.5 Å². The van der Waals surface area contributed by atoms with E-state index >= 15 is 0 Å². The molecule has 5 heteroatoms. The Balaban J connectivity index is 1.77. The lowest BCUT2D eigenvalue weighted by Gasteiger charge is -2.59. The van der Waals surface area contributed by atoms with Crippen molar-refractivity contribution in [2.75, 3.05) is 0 Å². The van der Waals surface area contributed by atoms with Crippen molar-refractivity contribution in [2.45, 2.75) is 70.4 Å². The van der Waals surface area contributed by atoms with Gasteiger partial charge in [-0.15, -0.1) is 0 Å². The third-order valence-electron chi connectivity index (χ3n) is 6.33. The summed E-state index contributed by atoms with van der Waals surface area (Å²) in [6, 6.07) is 0. The van der Waals surface area contributed by atoms with Gasteiger partial charge >= 0.3 is 0 Å². The Labute approximate surface area is 131 Å². The van der Waals surface area contributed by atoms with Crippen LogP contribution in [0.5, 0.6) is 0 Å². The first-order valence-electron chi connectivity index (χ1n) is 8.46. The second-order valence-corrected chi connectivity index (χ2v) is 7.58. The van der Waals surface area contributed by atoms with Crippen molar-refractivity contribution in [3.05, 3.63) is 12.8 Å². The average molecular weight is 310 g/mol. The lowest BCUT2D eigenvalue weighted by Crippen LogP contribution is -2.70. The van der Waals surface area contributed by atoms with Crippen LogP contribution in [0.4, 0.5) is 0 Å². The van der Waals surface area contributed by atoms with Crippen LogP contribution in [0.25, 0.3) is 0 Å². The molecule has 5 aliphatic rings. The van der Waals surface area contributed by atoms with Crippen molar-refractivity contribution in [3.63, 3.8) is 0 Å². The minimum absolute atomic E-state index is 0.207. The molecule has 1 aliphatic carbocycles. The summed E-state index contributed by atoms with van der Waals surface area (Å²) in [7, 11) is 0. The molecule has 22 heavy (non-hydrogen) atoms. The topological polar surface area (TPSA) is 46.2 Å². The molecule has 1 spiro atoms. The zero-order valence-corrected chi connectivity index (χ0v) is 13.6. The highest BCUT2D eigenvalue weighted by Gasteiger charge is 2.69. The molecule has 5 nitrogen and oxygen atoms in total. The lowest BCUT2D eigenvalue weighted by molar-refractivity contribution is -0.576. The largest absolute Gasteiger partial charge is 0.473 e. The maximum atomic E-state index is 6.22. The van der Waals surface area contributed by atoms with Gasteiger partial charge in [0.15, 0.2) is 11.9 Å². The molecular formula is C17H26O5. The molecule has 0 aromatic rings. The van der Waals surface area contributed by atoms with Gasteiger partial charge in [0.1, 0.15) is 0 Å². The maximum absolute atomic E-state index is 6.22. The molecule has 5 rings (SSSR count). The van der Waals surface area contributed by atoms with E-state index in [2.05, 4.69) is 20.4 Å². The number of rotatable bonds is 2. The molecular weight excluding hydrogens is 284 g/mol. The number of fused-ring (bicyclic) bond motifs is 2. The summed E-state index contributed by atoms with van der Waals surface area (Å²) in [5.74, 6) is 0.766. The Morgan fingerprint density at radius 3 is 2.73 bits per heavy atom. The number of hydrogen-bond donors (Lipinski definition) is 0. The van der Waals surface area contributed by atoms with E-state index in [-0.39, 0.29) is 12.2 Å². The normalized spacial score (nSPS) is 56.9. The minimum atomic E-state index is -0.725. The van der Waals surface area contributed by atoms with Crippen LogP contribution in [0.3, 0.4) is 0 Å². The predicted molar refractivity (Wildman–Crippen MR) is 78.1 cm³/mol. The smallest absolute Gasteiger partial charge is 0.204 e. The van der Waals surface area contributed by atoms with Gasteiger partial charge in [-0.2, -0.15) is 0 Å². The Morgan fingerprint density at radius 2 is 1.95 bits per heavy atom. The summed E-state index contributed by atoms with van der Waals surface area (Å²) < 4.78 is 18.0. The molecule has 1 saturated carbocycles. The molecule has 4 saturated heterocycles. The zero-order valence-electron chi connectivity index (χ0n) is 13.6. The van der Waals surface area contributed by atoms with Crippen LogP contribution in [-0.4, -0.2) is 24.0 Å². The average Bonchev–Trinajstić information content (AvgIpc) is 2.71. The second-order valence-electron chi connectivity index (χ2n) is 7.58. The van der Waals surface area contributed by atoms with Crippen LogP contribution in [0, 0.1) is 23.7 Å². The zero-order chi connectivity index (χ0) is 15.5. The summed E-state index contributed by atoms with van der Waals surface area (Å²) in [6.45, 7) is 10.1. The summed E-state index contributed by atoms with van der Waals surface area (Å²) in [4.78, 5) is 11.8. The van der Waals surface area contributed by atoms with Gasteiger partial charge in [0, 0.05) is 18.3 Å². The maximum Gasteiger partial charge on any atom is 0.204 e. The summed E-state index contributed by atoms with van der Waals surface area (Å²) in [5.41, 5.74) is -0.506. The van der Waals surface area contributed by atoms with Gasteiger partial charge in [0.25, 0.3) is 0 Å². The third-order valence-corrected chi connectivity index (χ3v) is 6.33. The quantitative estimate of drug-likeness (QED) is 0.578. The lowest BCUT2D eigenvalue weighted by atomic mass is 9.58. The highest BCUT2D eigenvalue weighted by atomic mass is 17.3. The van der Waals surface area contributed by atoms with Crippen LogP contribution in [0.15, 0.2) is 12.8 Å². The highest BCUT2D eigenvalue weighted by molar-refractivity contribution is 5.09. The fraction of sp³-hybridized carbons (Fsp3) is 0.882. The molecule has 2 bridgehead atoms. The van der Waals surface area contributed by atoms with Crippen LogP contribution < -0.4 is 0 Å². The van der Waals surface area contributed by atoms with E-state index in [1.54, 1.807) is 0 Å². The van der Waals surface area contributed by atoms with Crippen LogP contribution >= 0.6 is 0 Å². The standard InChI is InChI=1S/C17H26O5/c1-5-18-14-11(3)13-7-6-10(2)12-8-9-16(4)20-15(19-14)17(12,13)22-21-16/h5,10-15H,1,6-9H2,2-4H3/t10-,11-,12?,13?,14?,15?,16?,17-/m1/s1. The molecule has 8 atom stereocenters. The van der Waals surface area contributed by atoms with E-state index in [0.29, 0.717) is 17.8 Å². The molecule has 0 N–H and O–H groups in total. The molecule has 5 unspecified atom stereocenters. The fourth-order valence-corrected chi connectivity index (χ4v) is 5.12. The number of hydrogen-bond acceptors (Lipinski definition) is 5. The van der Waals surface area contributed by atoms with Gasteiger partial charge in [-0.25, -0.2) is 9.78 Å². The third kappa shape index (κ3) is 1.86. The van der Waals surface area contributed by atoms with Gasteiger partial charge in [-0.05, 0) is 38.0 Å². The van der Waals surface area contributed by atoms with Crippen molar-refractivity contribution in [2.24, 2.45) is 23.7 Å². The van der Waals surface area contributed by atoms with Gasteiger partial charge < -0.3 is 14.2 Å². The van der Waals surface area contributed by atoms with Crippen molar-refractivity contribution in [3.8, 4) is 0 Å². The molecule has 0 radical (unpaired) electrons. The fourth-order valence-electron chi connectivity index (χ4n) is 5.12. The second kappa shape index (κ2) is 4.94. The van der Waals surface area contributed by atoms with Gasteiger partial charge in [-0.1, -0.05) is 20.4 Å². The first-order valence-corrected chi connectivity index (χ1v) is 8.46. The van der Waals surface area contributed by atoms with Crippen molar-refractivity contribution >= 4 is 0 Å². The van der Waals surface area contributed by atoms with E-state index in [0.717, 1.165) is 19.3 Å². The monoisotopic (exact) mass is 310 g/mol. The molecule has 4 heterocycles. The first kappa shape index (κ1) is 14.9. The van der Waals surface area contributed by atoms with Gasteiger partial charge in [0.05, 0.1) is 6.26 Å². The first-order chi connectivity index (χ1) is 10.5. The van der Waals surface area contributed by atoms with Crippen molar-refractivity contribution in [1.82, 2.24) is 0 Å². The van der Waals surface area contributed by atoms with Gasteiger partial charge in [-0.3, -0.25) is 0 Å². The molecule has 5 fully saturated rings. The Bertz CT molecular complexity index is 468. The van der Waals surface area contributed by atoms with Gasteiger partial charge in [0.2, 0.25) is 12.1 Å². The van der Waals surface area contributed by atoms with Crippen molar-refractivity contribution < 1.29 is 24.0 Å². The van der Waals surface area contributed by atoms with Crippen molar-refractivity contribution in [1.29, 1.82) is 0 Å². The Morgan fingerprint density at radius 1 is 1.14 bits per heavy atom. The molecule has 0 aromatic heterocycles. The highest BCUT2D eigenvalue weighted by Crippen LogP contribution is 2.60. The SMILES string of the molecule is C=COC1OC2OC3(C)CCC4[C@H](C)CCC([C@H]1C)[C@@]24OO3. The minimum Gasteiger partial charge on any atom is -0.473 e. The summed E-state index contributed by atoms with van der Waals surface area (Å²) >= 11 is 0. The summed E-state index contributed by atoms with van der Waals surface area (Å²) in [6.07, 6.45) is 4.85.